The molecule has 0 bridgehead atoms. The monoisotopic (exact) mass is 406 g/mol. The fourth-order valence-electron chi connectivity index (χ4n) is 3.51. The molecule has 0 saturated carbocycles. The number of halogens is 1. The van der Waals surface area contributed by atoms with Crippen LogP contribution in [-0.4, -0.2) is 17.5 Å². The molecule has 3 aromatic rings. The molecule has 1 aliphatic rings. The van der Waals surface area contributed by atoms with Gasteiger partial charge in [-0.25, -0.2) is 4.79 Å². The van der Waals surface area contributed by atoms with E-state index in [1.807, 2.05) is 53.4 Å². The van der Waals surface area contributed by atoms with E-state index in [1.165, 1.54) is 11.1 Å². The van der Waals surface area contributed by atoms with Crippen molar-refractivity contribution in [1.29, 1.82) is 0 Å². The van der Waals surface area contributed by atoms with Gasteiger partial charge in [0, 0.05) is 16.7 Å². The number of hydrogen-bond donors (Lipinski definition) is 1. The summed E-state index contributed by atoms with van der Waals surface area (Å²) in [5, 5.41) is 3.04. The number of anilines is 1. The van der Waals surface area contributed by atoms with E-state index < -0.39 is 0 Å². The molecule has 1 heterocycles. The van der Waals surface area contributed by atoms with Crippen molar-refractivity contribution in [1.82, 2.24) is 4.90 Å². The Morgan fingerprint density at radius 2 is 1.62 bits per heavy atom. The normalized spacial score (nSPS) is 16.0. The second-order valence-electron chi connectivity index (χ2n) is 6.39. The zero-order valence-corrected chi connectivity index (χ0v) is 15.8. The number of benzene rings is 3. The molecule has 1 N–H and O–H groups in total. The summed E-state index contributed by atoms with van der Waals surface area (Å²) in [4.78, 5) is 15.0. The van der Waals surface area contributed by atoms with Crippen molar-refractivity contribution in [2.75, 3.05) is 11.9 Å². The number of rotatable bonds is 2. The van der Waals surface area contributed by atoms with Gasteiger partial charge in [-0.3, -0.25) is 0 Å². The lowest BCUT2D eigenvalue weighted by molar-refractivity contribution is 0.194. The lowest BCUT2D eigenvalue weighted by Crippen LogP contribution is -2.42. The summed E-state index contributed by atoms with van der Waals surface area (Å²) in [6.45, 7) is 0.693. The third kappa shape index (κ3) is 3.37. The molecule has 0 saturated heterocycles. The summed E-state index contributed by atoms with van der Waals surface area (Å²) in [6.07, 6.45) is 0.868. The Kier molecular flexibility index (Phi) is 4.76. The van der Waals surface area contributed by atoms with Crippen molar-refractivity contribution in [3.8, 4) is 0 Å². The van der Waals surface area contributed by atoms with Gasteiger partial charge in [0.05, 0.1) is 6.04 Å². The van der Waals surface area contributed by atoms with Crippen LogP contribution in [0.1, 0.15) is 22.7 Å². The van der Waals surface area contributed by atoms with Crippen LogP contribution in [0.15, 0.2) is 83.3 Å². The average molecular weight is 407 g/mol. The molecule has 2 amide bonds. The van der Waals surface area contributed by atoms with E-state index in [0.29, 0.717) is 6.54 Å². The maximum atomic E-state index is 13.0. The van der Waals surface area contributed by atoms with Crippen molar-refractivity contribution < 1.29 is 4.79 Å². The maximum absolute atomic E-state index is 13.0. The van der Waals surface area contributed by atoms with Crippen LogP contribution in [0.2, 0.25) is 0 Å². The topological polar surface area (TPSA) is 32.3 Å². The van der Waals surface area contributed by atoms with Crippen LogP contribution in [-0.2, 0) is 6.42 Å². The van der Waals surface area contributed by atoms with Gasteiger partial charge in [-0.2, -0.15) is 0 Å². The van der Waals surface area contributed by atoms with Crippen molar-refractivity contribution in [3.63, 3.8) is 0 Å². The van der Waals surface area contributed by atoms with E-state index in [1.54, 1.807) is 0 Å². The van der Waals surface area contributed by atoms with Crippen LogP contribution in [0.5, 0.6) is 0 Å². The number of carbonyl (C=O) groups is 1. The van der Waals surface area contributed by atoms with Crippen molar-refractivity contribution >= 4 is 27.6 Å². The summed E-state index contributed by atoms with van der Waals surface area (Å²) in [6, 6.07) is 26.1. The molecule has 26 heavy (non-hydrogen) atoms. The summed E-state index contributed by atoms with van der Waals surface area (Å²) in [7, 11) is 0. The summed E-state index contributed by atoms with van der Waals surface area (Å²) >= 11 is 3.42. The van der Waals surface area contributed by atoms with Crippen molar-refractivity contribution in [2.45, 2.75) is 12.5 Å². The third-order valence-corrected chi connectivity index (χ3v) is 5.28. The van der Waals surface area contributed by atoms with E-state index in [-0.39, 0.29) is 12.1 Å². The number of nitrogens with one attached hydrogen (secondary N) is 1. The van der Waals surface area contributed by atoms with E-state index in [2.05, 4.69) is 51.6 Å². The minimum absolute atomic E-state index is 0.0726. The molecule has 0 radical (unpaired) electrons. The molecule has 3 nitrogen and oxygen atoms in total. The molecule has 1 atom stereocenters. The van der Waals surface area contributed by atoms with Crippen LogP contribution in [0.4, 0.5) is 10.5 Å². The fourth-order valence-corrected chi connectivity index (χ4v) is 3.77. The summed E-state index contributed by atoms with van der Waals surface area (Å²) < 4.78 is 0.990. The highest BCUT2D eigenvalue weighted by Gasteiger charge is 2.31. The Bertz CT molecular complexity index is 909. The van der Waals surface area contributed by atoms with Gasteiger partial charge >= 0.3 is 6.03 Å². The van der Waals surface area contributed by atoms with Gasteiger partial charge < -0.3 is 10.2 Å². The second-order valence-corrected chi connectivity index (χ2v) is 7.31. The van der Waals surface area contributed by atoms with Gasteiger partial charge in [0.15, 0.2) is 0 Å². The number of hydrogen-bond acceptors (Lipinski definition) is 1. The number of nitrogens with zero attached hydrogens (tertiary/aromatic N) is 1. The smallest absolute Gasteiger partial charge is 0.313 e. The Morgan fingerprint density at radius 3 is 2.38 bits per heavy atom. The number of fused-ring (bicyclic) bond motifs is 1. The number of amides is 2. The van der Waals surface area contributed by atoms with Crippen LogP contribution in [0.25, 0.3) is 0 Å². The first-order valence-corrected chi connectivity index (χ1v) is 9.47. The molecule has 3 aromatic carbocycles. The Hall–Kier alpha value is -2.59. The van der Waals surface area contributed by atoms with E-state index >= 15 is 0 Å². The van der Waals surface area contributed by atoms with Crippen LogP contribution >= 0.6 is 15.9 Å². The predicted molar refractivity (Wildman–Crippen MR) is 108 cm³/mol. The first kappa shape index (κ1) is 16.9. The highest BCUT2D eigenvalue weighted by atomic mass is 79.9. The highest BCUT2D eigenvalue weighted by molar-refractivity contribution is 9.10. The standard InChI is InChI=1S/C22H19BrN2O/c23-18-10-12-19(13-11-18)24-22(26)25-15-14-16-6-4-5-9-20(16)21(25)17-7-2-1-3-8-17/h1-13,21H,14-15H2,(H,24,26)/t21-/m0/s1. The molecule has 4 heteroatoms. The zero-order valence-electron chi connectivity index (χ0n) is 14.2. The molecule has 0 unspecified atom stereocenters. The third-order valence-electron chi connectivity index (χ3n) is 4.76. The van der Waals surface area contributed by atoms with E-state index in [4.69, 9.17) is 0 Å². The molecule has 0 fully saturated rings. The predicted octanol–water partition coefficient (Wildman–Crippen LogP) is 5.63. The van der Waals surface area contributed by atoms with E-state index in [9.17, 15) is 4.79 Å². The largest absolute Gasteiger partial charge is 0.322 e. The first-order chi connectivity index (χ1) is 12.7. The van der Waals surface area contributed by atoms with Gasteiger partial charge in [0.1, 0.15) is 0 Å². The molecular weight excluding hydrogens is 388 g/mol. The Balaban J connectivity index is 1.68. The van der Waals surface area contributed by atoms with Gasteiger partial charge in [-0.1, -0.05) is 70.5 Å². The minimum atomic E-state index is -0.0734. The van der Waals surface area contributed by atoms with Crippen LogP contribution in [0.3, 0.4) is 0 Å². The number of urea groups is 1. The van der Waals surface area contributed by atoms with Gasteiger partial charge in [0.25, 0.3) is 0 Å². The molecule has 0 aromatic heterocycles. The van der Waals surface area contributed by atoms with Gasteiger partial charge in [-0.15, -0.1) is 0 Å². The Morgan fingerprint density at radius 1 is 0.923 bits per heavy atom. The zero-order chi connectivity index (χ0) is 17.9. The SMILES string of the molecule is O=C(Nc1ccc(Br)cc1)N1CCc2ccccc2[C@@H]1c1ccccc1. The average Bonchev–Trinajstić information content (AvgIpc) is 2.69. The van der Waals surface area contributed by atoms with E-state index in [0.717, 1.165) is 22.1 Å². The summed E-state index contributed by atoms with van der Waals surface area (Å²) in [5.74, 6) is 0. The fraction of sp³-hybridized carbons (Fsp3) is 0.136. The molecule has 0 aliphatic carbocycles. The molecule has 130 valence electrons. The quantitative estimate of drug-likeness (QED) is 0.587. The van der Waals surface area contributed by atoms with Crippen molar-refractivity contribution in [3.05, 3.63) is 100 Å². The molecule has 1 aliphatic heterocycles. The summed E-state index contributed by atoms with van der Waals surface area (Å²) in [5.41, 5.74) is 4.44. The Labute approximate surface area is 161 Å². The number of carbonyl (C=O) groups excluding carboxylic acids is 1. The molecule has 4 rings (SSSR count). The lowest BCUT2D eigenvalue weighted by atomic mass is 9.88. The first-order valence-electron chi connectivity index (χ1n) is 8.68. The lowest BCUT2D eigenvalue weighted by Gasteiger charge is -2.37. The van der Waals surface area contributed by atoms with Crippen molar-refractivity contribution in [2.24, 2.45) is 0 Å². The van der Waals surface area contributed by atoms with Crippen LogP contribution < -0.4 is 5.32 Å². The minimum Gasteiger partial charge on any atom is -0.313 e. The second kappa shape index (κ2) is 7.34. The van der Waals surface area contributed by atoms with Gasteiger partial charge in [0.2, 0.25) is 0 Å². The molecular formula is C22H19BrN2O. The maximum Gasteiger partial charge on any atom is 0.322 e. The van der Waals surface area contributed by atoms with Gasteiger partial charge in [-0.05, 0) is 47.4 Å². The van der Waals surface area contributed by atoms with Crippen LogP contribution in [0, 0.1) is 0 Å². The molecule has 0 spiro atoms. The highest BCUT2D eigenvalue weighted by Crippen LogP contribution is 2.35.